The average molecular weight is 279 g/mol. The molecule has 0 N–H and O–H groups in total. The summed E-state index contributed by atoms with van der Waals surface area (Å²) in [5.41, 5.74) is 0. The van der Waals surface area contributed by atoms with E-state index >= 15 is 0 Å². The van der Waals surface area contributed by atoms with Crippen LogP contribution in [0.25, 0.3) is 0 Å². The van der Waals surface area contributed by atoms with E-state index in [1.807, 2.05) is 0 Å². The molecule has 0 aromatic heterocycles. The van der Waals surface area contributed by atoms with E-state index in [1.165, 1.54) is 25.7 Å². The van der Waals surface area contributed by atoms with Gasteiger partial charge in [0.15, 0.2) is 0 Å². The number of unbranched alkanes of at least 4 members (excludes halogenated alkanes) is 3. The molecule has 0 saturated heterocycles. The Morgan fingerprint density at radius 3 is 0.500 bits per heavy atom. The van der Waals surface area contributed by atoms with Crippen LogP contribution in [0.5, 0.6) is 0 Å². The molecule has 0 spiro atoms. The van der Waals surface area contributed by atoms with E-state index < -0.39 is 0 Å². The van der Waals surface area contributed by atoms with Gasteiger partial charge in [-0.1, -0.05) is 129 Å². The van der Waals surface area contributed by atoms with E-state index in [2.05, 4.69) is 13.8 Å². The van der Waals surface area contributed by atoms with Gasteiger partial charge in [0.25, 0.3) is 0 Å². The van der Waals surface area contributed by atoms with Gasteiger partial charge in [-0.3, -0.25) is 0 Å². The standard InChI is InChI=1S/C6H14.12CH4/c1-3-5-6-4-2;;;;;;;;;;;;/h3-6H2,1-2H3;12*1H4. The van der Waals surface area contributed by atoms with Gasteiger partial charge in [0.1, 0.15) is 0 Å². The minimum absolute atomic E-state index is 0. The lowest BCUT2D eigenvalue weighted by atomic mass is 10.2. The fourth-order valence-electron chi connectivity index (χ4n) is 0.500. The summed E-state index contributed by atoms with van der Waals surface area (Å²) < 4.78 is 0. The van der Waals surface area contributed by atoms with E-state index in [4.69, 9.17) is 0 Å². The summed E-state index contributed by atoms with van der Waals surface area (Å²) in [5, 5.41) is 0. The quantitative estimate of drug-likeness (QED) is 0.450. The van der Waals surface area contributed by atoms with E-state index in [1.54, 1.807) is 0 Å². The van der Waals surface area contributed by atoms with Crippen molar-refractivity contribution >= 4 is 0 Å². The van der Waals surface area contributed by atoms with Gasteiger partial charge in [-0.15, -0.1) is 0 Å². The highest BCUT2D eigenvalue weighted by Crippen LogP contribution is 1.95. The van der Waals surface area contributed by atoms with Crippen molar-refractivity contribution in [2.24, 2.45) is 0 Å². The van der Waals surface area contributed by atoms with Crippen molar-refractivity contribution in [1.29, 1.82) is 0 Å². The van der Waals surface area contributed by atoms with Gasteiger partial charge in [-0.05, 0) is 0 Å². The molecule has 0 heteroatoms. The number of rotatable bonds is 3. The molecule has 0 atom stereocenters. The van der Waals surface area contributed by atoms with Gasteiger partial charge in [0.2, 0.25) is 0 Å². The highest BCUT2D eigenvalue weighted by molar-refractivity contribution is 4.31. The zero-order valence-electron chi connectivity index (χ0n) is 4.83. The Kier molecular flexibility index (Phi) is 3140. The molecule has 18 heavy (non-hydrogen) atoms. The van der Waals surface area contributed by atoms with Crippen LogP contribution in [0.4, 0.5) is 0 Å². The fraction of sp³-hybridized carbons (Fsp3) is 1.00. The third-order valence-corrected chi connectivity index (χ3v) is 0.957. The smallest absolute Gasteiger partial charge is 0.0536 e. The first kappa shape index (κ1) is 208. The molecule has 0 amide bonds. The lowest BCUT2D eigenvalue weighted by molar-refractivity contribution is 0.702. The van der Waals surface area contributed by atoms with Crippen molar-refractivity contribution in [3.63, 3.8) is 0 Å². The lowest BCUT2D eigenvalue weighted by Crippen LogP contribution is -1.66. The molecule has 0 nitrogen and oxygen atoms in total. The van der Waals surface area contributed by atoms with Crippen molar-refractivity contribution < 1.29 is 0 Å². The second-order valence-electron chi connectivity index (χ2n) is 1.71. The minimum atomic E-state index is 0. The van der Waals surface area contributed by atoms with E-state index in [-0.39, 0.29) is 89.1 Å². The van der Waals surface area contributed by atoms with Crippen LogP contribution in [0.1, 0.15) is 129 Å². The predicted molar refractivity (Wildman–Crippen MR) is 111 cm³/mol. The first-order valence-electron chi connectivity index (χ1n) is 2.91. The normalized spacial score (nSPS) is 3.00. The Balaban J connectivity index is -0.00000000189. The largest absolute Gasteiger partial charge is 0.0776 e. The molecule has 0 aliphatic carbocycles. The van der Waals surface area contributed by atoms with Crippen LogP contribution in [-0.4, -0.2) is 0 Å². The molecular formula is C18H62. The SMILES string of the molecule is C.C.C.C.C.C.C.C.C.C.C.C.CCCCCC. The summed E-state index contributed by atoms with van der Waals surface area (Å²) in [6.45, 7) is 4.46. The third kappa shape index (κ3) is 400. The van der Waals surface area contributed by atoms with Crippen LogP contribution in [0.2, 0.25) is 0 Å². The Labute approximate surface area is 129 Å². The lowest BCUT2D eigenvalue weighted by Gasteiger charge is -1.86. The van der Waals surface area contributed by atoms with E-state index in [0.717, 1.165) is 0 Å². The third-order valence-electron chi connectivity index (χ3n) is 0.957. The Hall–Kier alpha value is 0. The number of hydrogen-bond acceptors (Lipinski definition) is 0. The molecule has 0 aromatic carbocycles. The van der Waals surface area contributed by atoms with Crippen LogP contribution >= 0.6 is 0 Å². The highest BCUT2D eigenvalue weighted by atomic mass is 13.8. The van der Waals surface area contributed by atoms with E-state index in [0.29, 0.717) is 0 Å². The molecule has 0 aliphatic heterocycles. The maximum atomic E-state index is 2.23. The molecule has 0 fully saturated rings. The zero-order chi connectivity index (χ0) is 4.83. The summed E-state index contributed by atoms with van der Waals surface area (Å²) in [4.78, 5) is 0. The molecule has 0 bridgehead atoms. The molecule has 0 aliphatic rings. The topological polar surface area (TPSA) is 0 Å². The van der Waals surface area contributed by atoms with Crippen molar-refractivity contribution in [2.75, 3.05) is 0 Å². The molecule has 0 rings (SSSR count). The molecular weight excluding hydrogens is 216 g/mol. The number of hydrogen-bond donors (Lipinski definition) is 0. The van der Waals surface area contributed by atoms with Crippen LogP contribution in [0.3, 0.4) is 0 Å². The monoisotopic (exact) mass is 278 g/mol. The summed E-state index contributed by atoms with van der Waals surface area (Å²) in [6, 6.07) is 0. The van der Waals surface area contributed by atoms with E-state index in [9.17, 15) is 0 Å². The molecule has 0 saturated carbocycles. The van der Waals surface area contributed by atoms with Crippen LogP contribution in [-0.2, 0) is 0 Å². The first-order valence-corrected chi connectivity index (χ1v) is 2.91. The van der Waals surface area contributed by atoms with Crippen molar-refractivity contribution in [1.82, 2.24) is 0 Å². The predicted octanol–water partition coefficient (Wildman–Crippen LogP) is 10.2. The van der Waals surface area contributed by atoms with Crippen molar-refractivity contribution in [3.05, 3.63) is 0 Å². The van der Waals surface area contributed by atoms with Gasteiger partial charge in [0, 0.05) is 0 Å². The average Bonchev–Trinajstić information content (AvgIpc) is 1.61. The Bertz CT molecular complexity index is 12.0. The molecule has 0 radical (unpaired) electrons. The molecule has 134 valence electrons. The minimum Gasteiger partial charge on any atom is -0.0776 e. The van der Waals surface area contributed by atoms with Crippen LogP contribution in [0, 0.1) is 0 Å². The van der Waals surface area contributed by atoms with Gasteiger partial charge < -0.3 is 0 Å². The maximum absolute atomic E-state index is 2.23. The summed E-state index contributed by atoms with van der Waals surface area (Å²) in [6.07, 6.45) is 5.54. The van der Waals surface area contributed by atoms with Gasteiger partial charge >= 0.3 is 0 Å². The maximum Gasteiger partial charge on any atom is -0.0536 e. The van der Waals surface area contributed by atoms with Crippen LogP contribution in [0.15, 0.2) is 0 Å². The van der Waals surface area contributed by atoms with Crippen molar-refractivity contribution in [3.8, 4) is 0 Å². The molecule has 0 unspecified atom stereocenters. The summed E-state index contributed by atoms with van der Waals surface area (Å²) in [7, 11) is 0. The van der Waals surface area contributed by atoms with Crippen molar-refractivity contribution in [2.45, 2.75) is 129 Å². The summed E-state index contributed by atoms with van der Waals surface area (Å²) >= 11 is 0. The van der Waals surface area contributed by atoms with Gasteiger partial charge in [0.05, 0.1) is 0 Å². The highest BCUT2D eigenvalue weighted by Gasteiger charge is 1.75. The molecule has 0 aromatic rings. The second-order valence-corrected chi connectivity index (χ2v) is 1.71. The zero-order valence-corrected chi connectivity index (χ0v) is 4.83. The fourth-order valence-corrected chi connectivity index (χ4v) is 0.500. The van der Waals surface area contributed by atoms with Gasteiger partial charge in [-0.2, -0.15) is 0 Å². The van der Waals surface area contributed by atoms with Crippen LogP contribution < -0.4 is 0 Å². The first-order chi connectivity index (χ1) is 2.91. The molecule has 0 heterocycles. The summed E-state index contributed by atoms with van der Waals surface area (Å²) in [5.74, 6) is 0. The Morgan fingerprint density at radius 1 is 0.333 bits per heavy atom. The second kappa shape index (κ2) is 272. The van der Waals surface area contributed by atoms with Gasteiger partial charge in [-0.25, -0.2) is 0 Å². The Morgan fingerprint density at radius 2 is 0.444 bits per heavy atom.